The monoisotopic (exact) mass is 485 g/mol. The van der Waals surface area contributed by atoms with Crippen molar-refractivity contribution in [3.05, 3.63) is 29.6 Å². The molecular formula is C25H35N5O5. The zero-order chi connectivity index (χ0) is 25.2. The van der Waals surface area contributed by atoms with Gasteiger partial charge in [0, 0.05) is 39.8 Å². The van der Waals surface area contributed by atoms with Crippen LogP contribution in [0.1, 0.15) is 83.1 Å². The number of rotatable bonds is 11. The van der Waals surface area contributed by atoms with Crippen molar-refractivity contribution in [2.45, 2.75) is 84.6 Å². The lowest BCUT2D eigenvalue weighted by Gasteiger charge is -2.23. The van der Waals surface area contributed by atoms with E-state index in [1.165, 1.54) is 33.1 Å². The predicted molar refractivity (Wildman–Crippen MR) is 128 cm³/mol. The lowest BCUT2D eigenvalue weighted by Crippen LogP contribution is -2.32. The molecule has 1 heterocycles. The van der Waals surface area contributed by atoms with E-state index in [4.69, 9.17) is 9.47 Å². The minimum absolute atomic E-state index is 0.0842. The lowest BCUT2D eigenvalue weighted by atomic mass is 9.95. The van der Waals surface area contributed by atoms with E-state index >= 15 is 0 Å². The van der Waals surface area contributed by atoms with Gasteiger partial charge in [-0.05, 0) is 60.7 Å². The molecule has 0 radical (unpaired) electrons. The van der Waals surface area contributed by atoms with E-state index in [0.29, 0.717) is 44.8 Å². The SMILES string of the molecule is CCN(CCc1ccc(OC(C)=O)c(OC(C)=O)c1)C(=O)CCCc1nnnn1C1CCCCC1. The molecular weight excluding hydrogens is 450 g/mol. The zero-order valence-corrected chi connectivity index (χ0v) is 20.9. The fourth-order valence-electron chi connectivity index (χ4n) is 4.45. The fraction of sp³-hybridized carbons (Fsp3) is 0.600. The van der Waals surface area contributed by atoms with Crippen LogP contribution < -0.4 is 9.47 Å². The van der Waals surface area contributed by atoms with E-state index in [0.717, 1.165) is 24.2 Å². The highest BCUT2D eigenvalue weighted by Gasteiger charge is 2.20. The summed E-state index contributed by atoms with van der Waals surface area (Å²) in [7, 11) is 0. The van der Waals surface area contributed by atoms with Crippen LogP contribution in [-0.4, -0.2) is 56.0 Å². The van der Waals surface area contributed by atoms with Gasteiger partial charge in [0.25, 0.3) is 0 Å². The Bertz CT molecular complexity index is 1020. The summed E-state index contributed by atoms with van der Waals surface area (Å²) in [5.41, 5.74) is 0.870. The fourth-order valence-corrected chi connectivity index (χ4v) is 4.45. The Morgan fingerprint density at radius 2 is 1.74 bits per heavy atom. The maximum atomic E-state index is 12.8. The van der Waals surface area contributed by atoms with Crippen LogP contribution in [0.3, 0.4) is 0 Å². The summed E-state index contributed by atoms with van der Waals surface area (Å²) in [6, 6.07) is 5.45. The molecule has 0 N–H and O–H groups in total. The van der Waals surface area contributed by atoms with Crippen molar-refractivity contribution in [2.75, 3.05) is 13.1 Å². The van der Waals surface area contributed by atoms with E-state index in [-0.39, 0.29) is 17.4 Å². The number of hydrogen-bond acceptors (Lipinski definition) is 8. The number of aromatic nitrogens is 4. The second kappa shape index (κ2) is 13.0. The van der Waals surface area contributed by atoms with Crippen molar-refractivity contribution in [1.29, 1.82) is 0 Å². The van der Waals surface area contributed by atoms with Gasteiger partial charge in [0.2, 0.25) is 5.91 Å². The molecule has 3 rings (SSSR count). The molecule has 0 saturated heterocycles. The Labute approximate surface area is 206 Å². The molecule has 1 saturated carbocycles. The molecule has 0 bridgehead atoms. The third-order valence-electron chi connectivity index (χ3n) is 6.19. The van der Waals surface area contributed by atoms with Gasteiger partial charge in [0.05, 0.1) is 6.04 Å². The summed E-state index contributed by atoms with van der Waals surface area (Å²) in [5, 5.41) is 12.3. The van der Waals surface area contributed by atoms with Gasteiger partial charge in [0.15, 0.2) is 17.3 Å². The van der Waals surface area contributed by atoms with Crippen molar-refractivity contribution in [1.82, 2.24) is 25.1 Å². The van der Waals surface area contributed by atoms with Crippen LogP contribution >= 0.6 is 0 Å². The van der Waals surface area contributed by atoms with Gasteiger partial charge in [0.1, 0.15) is 0 Å². The summed E-state index contributed by atoms with van der Waals surface area (Å²) >= 11 is 0. The van der Waals surface area contributed by atoms with Gasteiger partial charge in [-0.1, -0.05) is 25.3 Å². The second-order valence-electron chi connectivity index (χ2n) is 8.88. The summed E-state index contributed by atoms with van der Waals surface area (Å²) in [5.74, 6) is 0.322. The van der Waals surface area contributed by atoms with Crippen LogP contribution in [-0.2, 0) is 27.2 Å². The number of nitrogens with zero attached hydrogens (tertiary/aromatic N) is 5. The highest BCUT2D eigenvalue weighted by atomic mass is 16.6. The van der Waals surface area contributed by atoms with Crippen LogP contribution in [0.25, 0.3) is 0 Å². The van der Waals surface area contributed by atoms with E-state index in [2.05, 4.69) is 15.5 Å². The Kier molecular flexibility index (Phi) is 9.75. The van der Waals surface area contributed by atoms with Crippen LogP contribution in [0.15, 0.2) is 18.2 Å². The predicted octanol–water partition coefficient (Wildman–Crippen LogP) is 3.44. The number of amides is 1. The quantitative estimate of drug-likeness (QED) is 0.351. The maximum absolute atomic E-state index is 12.8. The standard InChI is InChI=1S/C25H35N5O5/c1-4-29(16-15-20-13-14-22(34-18(2)31)23(17-20)35-19(3)32)25(33)12-8-11-24-26-27-28-30(24)21-9-6-5-7-10-21/h13-14,17,21H,4-12,15-16H2,1-3H3. The van der Waals surface area contributed by atoms with Crippen LogP contribution in [0.2, 0.25) is 0 Å². The molecule has 1 aliphatic carbocycles. The Morgan fingerprint density at radius 1 is 1.03 bits per heavy atom. The molecule has 1 aromatic carbocycles. The van der Waals surface area contributed by atoms with Gasteiger partial charge in [-0.15, -0.1) is 5.10 Å². The molecule has 0 unspecified atom stereocenters. The second-order valence-corrected chi connectivity index (χ2v) is 8.88. The van der Waals surface area contributed by atoms with Gasteiger partial charge in [-0.2, -0.15) is 0 Å². The Hall–Kier alpha value is -3.30. The van der Waals surface area contributed by atoms with Crippen molar-refractivity contribution < 1.29 is 23.9 Å². The maximum Gasteiger partial charge on any atom is 0.308 e. The minimum Gasteiger partial charge on any atom is -0.423 e. The molecule has 1 aliphatic rings. The molecule has 1 aromatic heterocycles. The highest BCUT2D eigenvalue weighted by molar-refractivity contribution is 5.76. The number of carbonyl (C=O) groups is 3. The molecule has 0 aliphatic heterocycles. The average molecular weight is 486 g/mol. The molecule has 1 fully saturated rings. The number of aryl methyl sites for hydroxylation is 1. The summed E-state index contributed by atoms with van der Waals surface area (Å²) in [4.78, 5) is 37.4. The van der Waals surface area contributed by atoms with E-state index in [1.54, 1.807) is 18.2 Å². The van der Waals surface area contributed by atoms with Gasteiger partial charge >= 0.3 is 11.9 Å². The first-order valence-electron chi connectivity index (χ1n) is 12.4. The zero-order valence-electron chi connectivity index (χ0n) is 20.9. The van der Waals surface area contributed by atoms with Crippen molar-refractivity contribution in [3.8, 4) is 11.5 Å². The van der Waals surface area contributed by atoms with Gasteiger partial charge in [-0.3, -0.25) is 14.4 Å². The number of benzene rings is 1. The average Bonchev–Trinajstić information content (AvgIpc) is 3.29. The number of hydrogen-bond donors (Lipinski definition) is 0. The first-order valence-corrected chi connectivity index (χ1v) is 12.4. The summed E-state index contributed by atoms with van der Waals surface area (Å²) < 4.78 is 12.3. The summed E-state index contributed by atoms with van der Waals surface area (Å²) in [6.45, 7) is 5.65. The van der Waals surface area contributed by atoms with E-state index in [9.17, 15) is 14.4 Å². The Morgan fingerprint density at radius 3 is 2.43 bits per heavy atom. The molecule has 1 amide bonds. The molecule has 190 valence electrons. The van der Waals surface area contributed by atoms with Crippen molar-refractivity contribution >= 4 is 17.8 Å². The molecule has 0 spiro atoms. The third kappa shape index (κ3) is 7.87. The first-order chi connectivity index (χ1) is 16.9. The van der Waals surface area contributed by atoms with Crippen LogP contribution in [0.4, 0.5) is 0 Å². The first kappa shape index (κ1) is 26.3. The van der Waals surface area contributed by atoms with Crippen molar-refractivity contribution in [3.63, 3.8) is 0 Å². The molecule has 35 heavy (non-hydrogen) atoms. The molecule has 10 nitrogen and oxygen atoms in total. The smallest absolute Gasteiger partial charge is 0.308 e. The topological polar surface area (TPSA) is 117 Å². The van der Waals surface area contributed by atoms with Crippen LogP contribution in [0.5, 0.6) is 11.5 Å². The largest absolute Gasteiger partial charge is 0.423 e. The third-order valence-corrected chi connectivity index (χ3v) is 6.19. The Balaban J connectivity index is 1.52. The highest BCUT2D eigenvalue weighted by Crippen LogP contribution is 2.30. The normalized spacial score (nSPS) is 13.9. The number of ether oxygens (including phenoxy) is 2. The molecule has 2 aromatic rings. The number of carbonyl (C=O) groups excluding carboxylic acids is 3. The van der Waals surface area contributed by atoms with Gasteiger partial charge < -0.3 is 14.4 Å². The number of likely N-dealkylation sites (N-methyl/N-ethyl adjacent to an activating group) is 1. The summed E-state index contributed by atoms with van der Waals surface area (Å²) in [6.07, 6.45) is 8.29. The van der Waals surface area contributed by atoms with Crippen molar-refractivity contribution in [2.24, 2.45) is 0 Å². The lowest BCUT2D eigenvalue weighted by molar-refractivity contribution is -0.134. The number of esters is 2. The van der Waals surface area contributed by atoms with Crippen LogP contribution in [0, 0.1) is 0 Å². The van der Waals surface area contributed by atoms with E-state index in [1.807, 2.05) is 16.5 Å². The molecule has 0 atom stereocenters. The minimum atomic E-state index is -0.504. The van der Waals surface area contributed by atoms with Gasteiger partial charge in [-0.25, -0.2) is 4.68 Å². The number of tetrazole rings is 1. The molecule has 10 heteroatoms. The van der Waals surface area contributed by atoms with E-state index < -0.39 is 11.9 Å².